The smallest absolute Gasteiger partial charge is 0.141 e. The van der Waals surface area contributed by atoms with Crippen LogP contribution in [0.2, 0.25) is 5.02 Å². The second-order valence-electron chi connectivity index (χ2n) is 7.65. The van der Waals surface area contributed by atoms with Gasteiger partial charge in [-0.1, -0.05) is 28.9 Å². The lowest BCUT2D eigenvalue weighted by Gasteiger charge is -2.24. The Balaban J connectivity index is 1.78. The molecular weight excluding hydrogens is 370 g/mol. The minimum atomic E-state index is -0.367. The highest BCUT2D eigenvalue weighted by Crippen LogP contribution is 2.49. The Bertz CT molecular complexity index is 1090. The Morgan fingerprint density at radius 3 is 2.50 bits per heavy atom. The van der Waals surface area contributed by atoms with Crippen LogP contribution in [-0.4, -0.2) is 12.2 Å². The molecule has 1 aliphatic rings. The van der Waals surface area contributed by atoms with Gasteiger partial charge >= 0.3 is 0 Å². The number of aryl methyl sites for hydroxylation is 3. The number of anilines is 2. The monoisotopic (exact) mass is 391 g/mol. The molecule has 2 aromatic carbocycles. The van der Waals surface area contributed by atoms with Crippen LogP contribution in [0.5, 0.6) is 0 Å². The molecule has 4 rings (SSSR count). The molecule has 0 N–H and O–H groups in total. The molecular formula is C23H22ClN3O. The van der Waals surface area contributed by atoms with Gasteiger partial charge in [-0.05, 0) is 74.6 Å². The van der Waals surface area contributed by atoms with Crippen molar-refractivity contribution in [2.45, 2.75) is 39.0 Å². The van der Waals surface area contributed by atoms with E-state index in [9.17, 15) is 5.26 Å². The fraction of sp³-hybridized carbons (Fsp3) is 0.304. The maximum absolute atomic E-state index is 9.56. The van der Waals surface area contributed by atoms with Gasteiger partial charge in [-0.2, -0.15) is 5.26 Å². The van der Waals surface area contributed by atoms with Crippen molar-refractivity contribution in [1.82, 2.24) is 5.16 Å². The number of hydrogen-bond acceptors (Lipinski definition) is 4. The zero-order valence-corrected chi connectivity index (χ0v) is 17.3. The molecule has 0 spiro atoms. The zero-order chi connectivity index (χ0) is 20.1. The molecule has 3 aromatic rings. The van der Waals surface area contributed by atoms with Crippen molar-refractivity contribution in [2.24, 2.45) is 0 Å². The number of hydrogen-bond donors (Lipinski definition) is 0. The highest BCUT2D eigenvalue weighted by molar-refractivity contribution is 6.31. The SMILES string of the molecule is Cc1ccc(-c2c(C)noc2C)cc1N(C)c1cc(Cl)cc(C2(C#N)CC2)c1. The Labute approximate surface area is 170 Å². The van der Waals surface area contributed by atoms with Crippen molar-refractivity contribution < 1.29 is 4.52 Å². The van der Waals surface area contributed by atoms with Crippen LogP contribution in [-0.2, 0) is 5.41 Å². The number of aromatic nitrogens is 1. The second kappa shape index (κ2) is 6.68. The summed E-state index contributed by atoms with van der Waals surface area (Å²) in [5, 5.41) is 14.3. The molecule has 0 aliphatic heterocycles. The molecule has 142 valence electrons. The van der Waals surface area contributed by atoms with Crippen LogP contribution in [0.3, 0.4) is 0 Å². The number of nitriles is 1. The van der Waals surface area contributed by atoms with E-state index < -0.39 is 0 Å². The van der Waals surface area contributed by atoms with Crippen molar-refractivity contribution >= 4 is 23.0 Å². The van der Waals surface area contributed by atoms with E-state index in [0.717, 1.165) is 57.9 Å². The average molecular weight is 392 g/mol. The minimum absolute atomic E-state index is 0.367. The molecule has 0 unspecified atom stereocenters. The van der Waals surface area contributed by atoms with Crippen LogP contribution in [0.1, 0.15) is 35.4 Å². The van der Waals surface area contributed by atoms with Crippen LogP contribution in [0, 0.1) is 32.1 Å². The third-order valence-corrected chi connectivity index (χ3v) is 5.90. The van der Waals surface area contributed by atoms with Gasteiger partial charge < -0.3 is 9.42 Å². The normalized spacial score (nSPS) is 14.6. The van der Waals surface area contributed by atoms with Crippen molar-refractivity contribution in [3.05, 3.63) is 64.0 Å². The van der Waals surface area contributed by atoms with Crippen molar-refractivity contribution in [3.63, 3.8) is 0 Å². The molecule has 0 saturated heterocycles. The van der Waals surface area contributed by atoms with E-state index in [2.05, 4.69) is 47.3 Å². The topological polar surface area (TPSA) is 53.1 Å². The largest absolute Gasteiger partial charge is 0.361 e. The third-order valence-electron chi connectivity index (χ3n) is 5.68. The summed E-state index contributed by atoms with van der Waals surface area (Å²) in [6.07, 6.45) is 1.79. The molecule has 0 bridgehead atoms. The third kappa shape index (κ3) is 3.06. The molecule has 28 heavy (non-hydrogen) atoms. The summed E-state index contributed by atoms with van der Waals surface area (Å²) in [6, 6.07) is 14.8. The molecule has 1 aliphatic carbocycles. The van der Waals surface area contributed by atoms with Gasteiger partial charge in [-0.3, -0.25) is 0 Å². The van der Waals surface area contributed by atoms with Crippen LogP contribution >= 0.6 is 11.6 Å². The number of benzene rings is 2. The Morgan fingerprint density at radius 2 is 1.89 bits per heavy atom. The van der Waals surface area contributed by atoms with Gasteiger partial charge in [0.15, 0.2) is 0 Å². The first-order chi connectivity index (χ1) is 13.3. The van der Waals surface area contributed by atoms with Gasteiger partial charge in [-0.15, -0.1) is 0 Å². The fourth-order valence-electron chi connectivity index (χ4n) is 3.79. The fourth-order valence-corrected chi connectivity index (χ4v) is 4.02. The van der Waals surface area contributed by atoms with Crippen LogP contribution in [0.4, 0.5) is 11.4 Å². The molecule has 0 amide bonds. The van der Waals surface area contributed by atoms with E-state index in [1.807, 2.05) is 33.0 Å². The summed E-state index contributed by atoms with van der Waals surface area (Å²) in [5.41, 5.74) is 6.82. The molecule has 0 radical (unpaired) electrons. The minimum Gasteiger partial charge on any atom is -0.361 e. The molecule has 5 heteroatoms. The van der Waals surface area contributed by atoms with E-state index in [1.165, 1.54) is 0 Å². The van der Waals surface area contributed by atoms with Gasteiger partial charge in [0.05, 0.1) is 17.2 Å². The van der Waals surface area contributed by atoms with Gasteiger partial charge in [0, 0.05) is 29.0 Å². The van der Waals surface area contributed by atoms with E-state index in [0.29, 0.717) is 5.02 Å². The Kier molecular flexibility index (Phi) is 4.44. The van der Waals surface area contributed by atoms with Crippen LogP contribution in [0.25, 0.3) is 11.1 Å². The first-order valence-corrected chi connectivity index (χ1v) is 9.72. The van der Waals surface area contributed by atoms with Gasteiger partial charge in [0.1, 0.15) is 5.76 Å². The highest BCUT2D eigenvalue weighted by Gasteiger charge is 2.45. The molecule has 1 fully saturated rings. The zero-order valence-electron chi connectivity index (χ0n) is 16.5. The van der Waals surface area contributed by atoms with Crippen molar-refractivity contribution in [2.75, 3.05) is 11.9 Å². The lowest BCUT2D eigenvalue weighted by atomic mass is 9.96. The van der Waals surface area contributed by atoms with Crippen LogP contribution in [0.15, 0.2) is 40.9 Å². The molecule has 1 saturated carbocycles. The molecule has 0 atom stereocenters. The summed E-state index contributed by atoms with van der Waals surface area (Å²) < 4.78 is 5.34. The summed E-state index contributed by atoms with van der Waals surface area (Å²) in [4.78, 5) is 2.12. The first-order valence-electron chi connectivity index (χ1n) is 9.34. The maximum Gasteiger partial charge on any atom is 0.141 e. The Morgan fingerprint density at radius 1 is 1.14 bits per heavy atom. The first kappa shape index (κ1) is 18.6. The second-order valence-corrected chi connectivity index (χ2v) is 8.09. The van der Waals surface area contributed by atoms with E-state index in [4.69, 9.17) is 16.1 Å². The summed E-state index contributed by atoms with van der Waals surface area (Å²) >= 11 is 6.41. The van der Waals surface area contributed by atoms with Crippen molar-refractivity contribution in [3.8, 4) is 17.2 Å². The summed E-state index contributed by atoms with van der Waals surface area (Å²) in [5.74, 6) is 0.810. The number of halogens is 1. The molecule has 1 aromatic heterocycles. The predicted molar refractivity (Wildman–Crippen MR) is 112 cm³/mol. The lowest BCUT2D eigenvalue weighted by Crippen LogP contribution is -2.13. The average Bonchev–Trinajstić information content (AvgIpc) is 3.41. The van der Waals surface area contributed by atoms with E-state index in [-0.39, 0.29) is 5.41 Å². The van der Waals surface area contributed by atoms with Gasteiger partial charge in [0.25, 0.3) is 0 Å². The van der Waals surface area contributed by atoms with Gasteiger partial charge in [-0.25, -0.2) is 0 Å². The Hall–Kier alpha value is -2.77. The molecule has 1 heterocycles. The quantitative estimate of drug-likeness (QED) is 0.527. The molecule has 4 nitrogen and oxygen atoms in total. The number of nitrogens with zero attached hydrogens (tertiary/aromatic N) is 3. The predicted octanol–water partition coefficient (Wildman–Crippen LogP) is 6.24. The van der Waals surface area contributed by atoms with E-state index in [1.54, 1.807) is 0 Å². The lowest BCUT2D eigenvalue weighted by molar-refractivity contribution is 0.393. The number of rotatable bonds is 4. The maximum atomic E-state index is 9.56. The standard InChI is InChI=1S/C23H22ClN3O/c1-14-5-6-17(22-15(2)26-28-16(22)3)9-21(14)27(4)20-11-18(10-19(24)12-20)23(13-25)7-8-23/h5-6,9-12H,7-8H2,1-4H3. The van der Waals surface area contributed by atoms with Gasteiger partial charge in [0.2, 0.25) is 0 Å². The van der Waals surface area contributed by atoms with E-state index >= 15 is 0 Å². The summed E-state index contributed by atoms with van der Waals surface area (Å²) in [6.45, 7) is 5.97. The van der Waals surface area contributed by atoms with Crippen molar-refractivity contribution in [1.29, 1.82) is 5.26 Å². The highest BCUT2D eigenvalue weighted by atomic mass is 35.5. The van der Waals surface area contributed by atoms with Crippen LogP contribution < -0.4 is 4.90 Å². The summed E-state index contributed by atoms with van der Waals surface area (Å²) in [7, 11) is 2.03.